The second-order valence-electron chi connectivity index (χ2n) is 9.21. The van der Waals surface area contributed by atoms with Crippen molar-refractivity contribution in [2.45, 2.75) is 38.5 Å². The van der Waals surface area contributed by atoms with Gasteiger partial charge in [-0.2, -0.15) is 31.3 Å². The quantitative estimate of drug-likeness (QED) is 0.210. The molecule has 1 N–H and O–H groups in total. The Kier molecular flexibility index (Phi) is 7.63. The maximum atomic E-state index is 13.7. The van der Waals surface area contributed by atoms with Crippen molar-refractivity contribution in [3.05, 3.63) is 84.3 Å². The summed E-state index contributed by atoms with van der Waals surface area (Å²) in [6.45, 7) is 0.889. The number of carbonyl (C=O) groups excluding carboxylic acids is 1. The molecule has 5 rings (SSSR count). The molecule has 3 aromatic heterocycles. The van der Waals surface area contributed by atoms with E-state index < -0.39 is 29.8 Å². The van der Waals surface area contributed by atoms with E-state index in [0.717, 1.165) is 12.1 Å². The maximum absolute atomic E-state index is 13.7. The van der Waals surface area contributed by atoms with Crippen LogP contribution in [-0.4, -0.2) is 37.9 Å². The third-order valence-electron chi connectivity index (χ3n) is 6.28. The van der Waals surface area contributed by atoms with Crippen molar-refractivity contribution < 1.29 is 40.4 Å². The number of fused-ring (bicyclic) bond motifs is 1. The molecule has 8 nitrogen and oxygen atoms in total. The van der Waals surface area contributed by atoms with Gasteiger partial charge in [0.15, 0.2) is 6.10 Å². The van der Waals surface area contributed by atoms with E-state index in [2.05, 4.69) is 25.2 Å². The van der Waals surface area contributed by atoms with Crippen molar-refractivity contribution in [2.75, 3.05) is 0 Å². The first-order valence-electron chi connectivity index (χ1n) is 12.4. The van der Waals surface area contributed by atoms with Crippen LogP contribution in [0.2, 0.25) is 0 Å². The van der Waals surface area contributed by atoms with Crippen molar-refractivity contribution in [3.63, 3.8) is 0 Å². The van der Waals surface area contributed by atoms with Crippen LogP contribution in [-0.2, 0) is 24.1 Å². The van der Waals surface area contributed by atoms with E-state index in [-0.39, 0.29) is 36.3 Å². The van der Waals surface area contributed by atoms with E-state index >= 15 is 0 Å². The third-order valence-corrected chi connectivity index (χ3v) is 6.28. The van der Waals surface area contributed by atoms with E-state index in [4.69, 9.17) is 4.52 Å². The molecule has 1 amide bonds. The normalized spacial score (nSPS) is 12.8. The zero-order chi connectivity index (χ0) is 30.1. The van der Waals surface area contributed by atoms with Crippen LogP contribution in [0.1, 0.15) is 18.2 Å². The summed E-state index contributed by atoms with van der Waals surface area (Å²) in [4.78, 5) is 20.9. The van der Waals surface area contributed by atoms with Crippen LogP contribution in [0.5, 0.6) is 5.75 Å². The Bertz CT molecular complexity index is 1710. The number of alkyl halides is 6. The molecule has 1 atom stereocenters. The zero-order valence-corrected chi connectivity index (χ0v) is 21.7. The monoisotopic (exact) mass is 589 g/mol. The average Bonchev–Trinajstić information content (AvgIpc) is 3.59. The molecule has 0 fully saturated rings. The number of pyridine rings is 1. The van der Waals surface area contributed by atoms with Gasteiger partial charge in [0.05, 0.1) is 17.8 Å². The second-order valence-corrected chi connectivity index (χ2v) is 9.21. The molecule has 218 valence electrons. The largest absolute Gasteiger partial charge is 0.481 e. The molecule has 42 heavy (non-hydrogen) atoms. The summed E-state index contributed by atoms with van der Waals surface area (Å²) >= 11 is 0. The van der Waals surface area contributed by atoms with Crippen LogP contribution < -0.4 is 10.1 Å². The first-order valence-corrected chi connectivity index (χ1v) is 12.4. The highest BCUT2D eigenvalue weighted by atomic mass is 19.4. The predicted molar refractivity (Wildman–Crippen MR) is 138 cm³/mol. The summed E-state index contributed by atoms with van der Waals surface area (Å²) in [5.74, 6) is -1.45. The maximum Gasteiger partial charge on any atom is 0.425 e. The summed E-state index contributed by atoms with van der Waals surface area (Å²) < 4.78 is 91.2. The lowest BCUT2D eigenvalue weighted by atomic mass is 10.1. The Labute approximate surface area is 233 Å². The van der Waals surface area contributed by atoms with E-state index in [1.54, 1.807) is 53.4 Å². The smallest absolute Gasteiger partial charge is 0.425 e. The van der Waals surface area contributed by atoms with Gasteiger partial charge >= 0.3 is 12.4 Å². The van der Waals surface area contributed by atoms with Crippen LogP contribution in [0, 0.1) is 0 Å². The van der Waals surface area contributed by atoms with Crippen molar-refractivity contribution in [1.29, 1.82) is 0 Å². The number of rotatable bonds is 8. The van der Waals surface area contributed by atoms with Gasteiger partial charge in [-0.25, -0.2) is 0 Å². The number of hydrogen-bond acceptors (Lipinski definition) is 6. The highest BCUT2D eigenvalue weighted by molar-refractivity contribution is 5.94. The van der Waals surface area contributed by atoms with Crippen molar-refractivity contribution >= 4 is 16.8 Å². The Morgan fingerprint density at radius 3 is 2.57 bits per heavy atom. The minimum Gasteiger partial charge on any atom is -0.481 e. The summed E-state index contributed by atoms with van der Waals surface area (Å²) in [5.41, 5.74) is 0.286. The second kappa shape index (κ2) is 11.2. The number of carbonyl (C=O) groups is 1. The van der Waals surface area contributed by atoms with Crippen LogP contribution >= 0.6 is 0 Å². The van der Waals surface area contributed by atoms with E-state index in [0.29, 0.717) is 35.2 Å². The highest BCUT2D eigenvalue weighted by Gasteiger charge is 2.41. The number of ether oxygens (including phenoxy) is 1. The zero-order valence-electron chi connectivity index (χ0n) is 21.7. The van der Waals surface area contributed by atoms with Gasteiger partial charge in [0, 0.05) is 34.4 Å². The number of halogens is 6. The van der Waals surface area contributed by atoms with Gasteiger partial charge in [-0.15, -0.1) is 0 Å². The Morgan fingerprint density at radius 1 is 1.05 bits per heavy atom. The molecule has 2 aromatic carbocycles. The predicted octanol–water partition coefficient (Wildman–Crippen LogP) is 6.42. The molecule has 0 aliphatic heterocycles. The van der Waals surface area contributed by atoms with Crippen molar-refractivity contribution in [3.8, 4) is 28.6 Å². The molecule has 0 aliphatic rings. The SMILES string of the molecule is CC(Oc1ccc(-c2nc(-c3cccc4c3ccn4CC(=O)NCc3ccccn3)no2)cc1C(F)(F)F)C(F)(F)F. The molecule has 0 aliphatic carbocycles. The fourth-order valence-corrected chi connectivity index (χ4v) is 4.15. The molecular weight excluding hydrogens is 568 g/mol. The van der Waals surface area contributed by atoms with Crippen molar-refractivity contribution in [2.24, 2.45) is 0 Å². The van der Waals surface area contributed by atoms with Gasteiger partial charge < -0.3 is 19.1 Å². The number of benzene rings is 2. The molecule has 0 spiro atoms. The van der Waals surface area contributed by atoms with Gasteiger partial charge in [-0.3, -0.25) is 9.78 Å². The Balaban J connectivity index is 1.38. The number of nitrogens with one attached hydrogen (secondary N) is 1. The minimum atomic E-state index is -5.02. The van der Waals surface area contributed by atoms with Crippen LogP contribution in [0.4, 0.5) is 26.3 Å². The van der Waals surface area contributed by atoms with Gasteiger partial charge in [0.2, 0.25) is 11.7 Å². The molecule has 0 saturated heterocycles. The van der Waals surface area contributed by atoms with E-state index in [9.17, 15) is 31.1 Å². The van der Waals surface area contributed by atoms with Gasteiger partial charge in [0.25, 0.3) is 5.89 Å². The summed E-state index contributed by atoms with van der Waals surface area (Å²) in [5, 5.41) is 7.35. The van der Waals surface area contributed by atoms with Gasteiger partial charge in [-0.1, -0.05) is 23.4 Å². The van der Waals surface area contributed by atoms with Crippen LogP contribution in [0.15, 0.2) is 77.6 Å². The lowest BCUT2D eigenvalue weighted by Gasteiger charge is -2.20. The first-order chi connectivity index (χ1) is 19.9. The molecule has 14 heteroatoms. The first kappa shape index (κ1) is 28.6. The molecule has 1 unspecified atom stereocenters. The number of amides is 1. The Morgan fingerprint density at radius 2 is 1.86 bits per heavy atom. The van der Waals surface area contributed by atoms with Crippen LogP contribution in [0.3, 0.4) is 0 Å². The van der Waals surface area contributed by atoms with Gasteiger partial charge in [-0.05, 0) is 49.4 Å². The topological polar surface area (TPSA) is 95.1 Å². The van der Waals surface area contributed by atoms with Crippen molar-refractivity contribution in [1.82, 2.24) is 25.0 Å². The van der Waals surface area contributed by atoms with Gasteiger partial charge in [0.1, 0.15) is 12.3 Å². The fourth-order valence-electron chi connectivity index (χ4n) is 4.15. The number of hydrogen-bond donors (Lipinski definition) is 1. The molecule has 3 heterocycles. The molecule has 5 aromatic rings. The Hall–Kier alpha value is -4.88. The average molecular weight is 589 g/mol. The van der Waals surface area contributed by atoms with Crippen LogP contribution in [0.25, 0.3) is 33.7 Å². The summed E-state index contributed by atoms with van der Waals surface area (Å²) in [6.07, 6.45) is -9.00. The summed E-state index contributed by atoms with van der Waals surface area (Å²) in [6, 6.07) is 14.8. The highest BCUT2D eigenvalue weighted by Crippen LogP contribution is 2.40. The lowest BCUT2D eigenvalue weighted by Crippen LogP contribution is -2.31. The van der Waals surface area contributed by atoms with E-state index in [1.807, 2.05) is 6.07 Å². The number of aromatic nitrogens is 4. The third kappa shape index (κ3) is 6.21. The lowest BCUT2D eigenvalue weighted by molar-refractivity contribution is -0.191. The molecule has 0 saturated carbocycles. The fraction of sp³-hybridized carbons (Fsp3) is 0.214. The number of nitrogens with zero attached hydrogens (tertiary/aromatic N) is 4. The standard InChI is InChI=1S/C28H21F6N5O3/c1-16(27(29,30)31)41-23-9-8-17(13-21(23)28(32,33)34)26-37-25(38-42-26)20-6-4-7-22-19(20)10-12-39(22)15-24(40)36-14-18-5-2-3-11-35-18/h2-13,16H,14-15H2,1H3,(H,36,40). The molecule has 0 radical (unpaired) electrons. The summed E-state index contributed by atoms with van der Waals surface area (Å²) in [7, 11) is 0. The van der Waals surface area contributed by atoms with E-state index in [1.165, 1.54) is 0 Å². The molecule has 0 bridgehead atoms. The minimum absolute atomic E-state index is 0.0128. The molecular formula is C28H21F6N5O3.